The van der Waals surface area contributed by atoms with Gasteiger partial charge in [0.05, 0.1) is 12.1 Å². The quantitative estimate of drug-likeness (QED) is 0.792. The Morgan fingerprint density at radius 1 is 1.59 bits per heavy atom. The van der Waals surface area contributed by atoms with E-state index in [4.69, 9.17) is 16.3 Å². The molecule has 0 aliphatic carbocycles. The van der Waals surface area contributed by atoms with Crippen LogP contribution in [0.15, 0.2) is 17.1 Å². The molecule has 0 aliphatic rings. The zero-order chi connectivity index (χ0) is 12.8. The average Bonchev–Trinajstić information content (AvgIpc) is 2.36. The Bertz CT molecular complexity index is 457. The van der Waals surface area contributed by atoms with Crippen LogP contribution < -0.4 is 15.5 Å². The van der Waals surface area contributed by atoms with Gasteiger partial charge in [0.2, 0.25) is 5.43 Å². The van der Waals surface area contributed by atoms with Crippen molar-refractivity contribution >= 4 is 17.5 Å². The molecule has 0 atom stereocenters. The molecule has 1 aromatic rings. The summed E-state index contributed by atoms with van der Waals surface area (Å²) in [5.74, 6) is 0.136. The molecule has 1 aromatic heterocycles. The van der Waals surface area contributed by atoms with E-state index in [0.29, 0.717) is 6.54 Å². The molecule has 1 N–H and O–H groups in total. The third-order valence-electron chi connectivity index (χ3n) is 2.30. The van der Waals surface area contributed by atoms with Crippen molar-refractivity contribution < 1.29 is 9.53 Å². The minimum absolute atomic E-state index is 0.157. The van der Waals surface area contributed by atoms with Crippen molar-refractivity contribution in [2.45, 2.75) is 19.3 Å². The lowest BCUT2D eigenvalue weighted by atomic mass is 10.3. The summed E-state index contributed by atoms with van der Waals surface area (Å²) in [7, 11) is 1.51. The number of likely N-dealkylation sites (N-methyl/N-ethyl adjacent to an activating group) is 1. The second-order valence-corrected chi connectivity index (χ2v) is 3.64. The van der Waals surface area contributed by atoms with Gasteiger partial charge in [0.1, 0.15) is 0 Å². The van der Waals surface area contributed by atoms with Crippen LogP contribution >= 0.6 is 11.6 Å². The highest BCUT2D eigenvalue weighted by Crippen LogP contribution is 2.09. The first-order valence-electron chi connectivity index (χ1n) is 5.25. The number of aryl methyl sites for hydroxylation is 1. The van der Waals surface area contributed by atoms with Crippen LogP contribution in [0, 0.1) is 0 Å². The number of pyridine rings is 1. The summed E-state index contributed by atoms with van der Waals surface area (Å²) in [6.07, 6.45) is 1.57. The standard InChI is InChI=1S/C11H15ClN2O3/c1-3-14-6-10(17-7-11(16)13-2)9(15)4-8(14)5-12/h4,6H,3,5,7H2,1-2H3,(H,13,16). The Morgan fingerprint density at radius 2 is 2.29 bits per heavy atom. The smallest absolute Gasteiger partial charge is 0.257 e. The molecule has 0 bridgehead atoms. The second kappa shape index (κ2) is 6.30. The first-order chi connectivity index (χ1) is 8.12. The molecule has 94 valence electrons. The maximum absolute atomic E-state index is 11.6. The van der Waals surface area contributed by atoms with E-state index in [2.05, 4.69) is 5.32 Å². The lowest BCUT2D eigenvalue weighted by Gasteiger charge is -2.11. The molecule has 1 amide bonds. The summed E-state index contributed by atoms with van der Waals surface area (Å²) in [6, 6.07) is 1.43. The van der Waals surface area contributed by atoms with E-state index in [1.54, 1.807) is 6.20 Å². The molecular formula is C11H15ClN2O3. The number of aromatic nitrogens is 1. The van der Waals surface area contributed by atoms with Gasteiger partial charge < -0.3 is 14.6 Å². The molecule has 0 fully saturated rings. The molecule has 0 unspecified atom stereocenters. The van der Waals surface area contributed by atoms with Crippen LogP contribution in [-0.2, 0) is 17.2 Å². The van der Waals surface area contributed by atoms with Gasteiger partial charge in [-0.1, -0.05) is 0 Å². The molecule has 0 saturated heterocycles. The molecule has 0 aliphatic heterocycles. The lowest BCUT2D eigenvalue weighted by molar-refractivity contribution is -0.122. The van der Waals surface area contributed by atoms with E-state index in [1.165, 1.54) is 13.1 Å². The second-order valence-electron chi connectivity index (χ2n) is 3.37. The highest BCUT2D eigenvalue weighted by molar-refractivity contribution is 6.16. The fourth-order valence-corrected chi connectivity index (χ4v) is 1.56. The number of alkyl halides is 1. The van der Waals surface area contributed by atoms with Crippen LogP contribution in [0.4, 0.5) is 0 Å². The monoisotopic (exact) mass is 258 g/mol. The third kappa shape index (κ3) is 3.49. The zero-order valence-corrected chi connectivity index (χ0v) is 10.6. The minimum Gasteiger partial charge on any atom is -0.478 e. The largest absolute Gasteiger partial charge is 0.478 e. The van der Waals surface area contributed by atoms with Crippen molar-refractivity contribution in [3.63, 3.8) is 0 Å². The number of halogens is 1. The fourth-order valence-electron chi connectivity index (χ4n) is 1.33. The van der Waals surface area contributed by atoms with Gasteiger partial charge in [-0.2, -0.15) is 0 Å². The molecule has 0 radical (unpaired) electrons. The third-order valence-corrected chi connectivity index (χ3v) is 2.57. The van der Waals surface area contributed by atoms with Crippen LogP contribution in [0.25, 0.3) is 0 Å². The van der Waals surface area contributed by atoms with E-state index >= 15 is 0 Å². The molecule has 5 nitrogen and oxygen atoms in total. The fraction of sp³-hybridized carbons (Fsp3) is 0.455. The van der Waals surface area contributed by atoms with Crippen molar-refractivity contribution in [1.29, 1.82) is 0 Å². The Morgan fingerprint density at radius 3 is 2.82 bits per heavy atom. The number of carbonyl (C=O) groups excluding carboxylic acids is 1. The van der Waals surface area contributed by atoms with E-state index in [9.17, 15) is 9.59 Å². The number of ether oxygens (including phenoxy) is 1. The van der Waals surface area contributed by atoms with Crippen LogP contribution in [0.2, 0.25) is 0 Å². The summed E-state index contributed by atoms with van der Waals surface area (Å²) < 4.78 is 6.96. The Hall–Kier alpha value is -1.49. The maximum Gasteiger partial charge on any atom is 0.257 e. The lowest BCUT2D eigenvalue weighted by Crippen LogP contribution is -2.26. The van der Waals surface area contributed by atoms with E-state index < -0.39 is 0 Å². The van der Waals surface area contributed by atoms with Crippen LogP contribution in [-0.4, -0.2) is 24.1 Å². The van der Waals surface area contributed by atoms with Gasteiger partial charge in [-0.3, -0.25) is 9.59 Å². The van der Waals surface area contributed by atoms with Gasteiger partial charge in [0.25, 0.3) is 5.91 Å². The van der Waals surface area contributed by atoms with Crippen LogP contribution in [0.5, 0.6) is 5.75 Å². The van der Waals surface area contributed by atoms with Crippen molar-refractivity contribution in [1.82, 2.24) is 9.88 Å². The topological polar surface area (TPSA) is 60.3 Å². The summed E-state index contributed by atoms with van der Waals surface area (Å²) in [5, 5.41) is 2.41. The predicted octanol–water partition coefficient (Wildman–Crippen LogP) is 0.732. The van der Waals surface area contributed by atoms with Crippen molar-refractivity contribution in [3.05, 3.63) is 28.2 Å². The van der Waals surface area contributed by atoms with Gasteiger partial charge in [-0.05, 0) is 6.92 Å². The number of nitrogens with one attached hydrogen (secondary N) is 1. The molecule has 0 spiro atoms. The highest BCUT2D eigenvalue weighted by atomic mass is 35.5. The number of carbonyl (C=O) groups is 1. The maximum atomic E-state index is 11.6. The van der Waals surface area contributed by atoms with Gasteiger partial charge in [0.15, 0.2) is 12.4 Å². The Kier molecular flexibility index (Phi) is 5.03. The molecular weight excluding hydrogens is 244 g/mol. The molecule has 17 heavy (non-hydrogen) atoms. The van der Waals surface area contributed by atoms with Crippen molar-refractivity contribution in [2.75, 3.05) is 13.7 Å². The summed E-state index contributed by atoms with van der Waals surface area (Å²) in [4.78, 5) is 22.6. The van der Waals surface area contributed by atoms with Gasteiger partial charge in [-0.15, -0.1) is 11.6 Å². The van der Waals surface area contributed by atoms with Crippen molar-refractivity contribution in [2.24, 2.45) is 0 Å². The predicted molar refractivity (Wildman–Crippen MR) is 65.5 cm³/mol. The number of nitrogens with zero attached hydrogens (tertiary/aromatic N) is 1. The van der Waals surface area contributed by atoms with Crippen LogP contribution in [0.1, 0.15) is 12.6 Å². The minimum atomic E-state index is -0.283. The first-order valence-corrected chi connectivity index (χ1v) is 5.78. The van der Waals surface area contributed by atoms with Gasteiger partial charge in [-0.25, -0.2) is 0 Å². The Labute approximate surface area is 104 Å². The van der Waals surface area contributed by atoms with Crippen LogP contribution in [0.3, 0.4) is 0 Å². The van der Waals surface area contributed by atoms with Gasteiger partial charge in [0, 0.05) is 25.4 Å². The molecule has 6 heteroatoms. The number of amides is 1. The van der Waals surface area contributed by atoms with E-state index in [1.807, 2.05) is 11.5 Å². The molecule has 1 heterocycles. The Balaban J connectivity index is 2.93. The molecule has 0 aromatic carbocycles. The van der Waals surface area contributed by atoms with Gasteiger partial charge >= 0.3 is 0 Å². The number of hydrogen-bond donors (Lipinski definition) is 1. The summed E-state index contributed by atoms with van der Waals surface area (Å²) in [6.45, 7) is 2.44. The van der Waals surface area contributed by atoms with E-state index in [0.717, 1.165) is 5.69 Å². The average molecular weight is 259 g/mol. The summed E-state index contributed by atoms with van der Waals surface area (Å²) in [5.41, 5.74) is 0.459. The first kappa shape index (κ1) is 13.6. The van der Waals surface area contributed by atoms with Crippen molar-refractivity contribution in [3.8, 4) is 5.75 Å². The zero-order valence-electron chi connectivity index (χ0n) is 9.83. The normalized spacial score (nSPS) is 10.1. The number of hydrogen-bond acceptors (Lipinski definition) is 3. The SMILES string of the molecule is CCn1cc(OCC(=O)NC)c(=O)cc1CCl. The number of rotatable bonds is 5. The molecule has 0 saturated carbocycles. The van der Waals surface area contributed by atoms with E-state index in [-0.39, 0.29) is 29.6 Å². The summed E-state index contributed by atoms with van der Waals surface area (Å²) >= 11 is 5.72. The molecule has 1 rings (SSSR count). The highest BCUT2D eigenvalue weighted by Gasteiger charge is 2.07.